The van der Waals surface area contributed by atoms with E-state index in [0.29, 0.717) is 23.6 Å². The lowest BCUT2D eigenvalue weighted by Gasteiger charge is -2.04. The van der Waals surface area contributed by atoms with Gasteiger partial charge in [-0.25, -0.2) is 4.98 Å². The Hall–Kier alpha value is -2.36. The second-order valence-electron chi connectivity index (χ2n) is 3.92. The third kappa shape index (κ3) is 2.85. The van der Waals surface area contributed by atoms with Crippen molar-refractivity contribution >= 4 is 11.6 Å². The second kappa shape index (κ2) is 5.31. The topological polar surface area (TPSA) is 65.2 Å². The Morgan fingerprint density at radius 2 is 2.17 bits per heavy atom. The molecule has 92 valence electrons. The first kappa shape index (κ1) is 12.1. The third-order valence-corrected chi connectivity index (χ3v) is 2.60. The first-order valence-electron chi connectivity index (χ1n) is 5.56. The fourth-order valence-electron chi connectivity index (χ4n) is 1.69. The second-order valence-corrected chi connectivity index (χ2v) is 3.92. The van der Waals surface area contributed by atoms with Crippen molar-refractivity contribution in [3.05, 3.63) is 53.7 Å². The van der Waals surface area contributed by atoms with Crippen LogP contribution in [0.2, 0.25) is 0 Å². The van der Waals surface area contributed by atoms with Crippen molar-refractivity contribution in [1.29, 1.82) is 0 Å². The van der Waals surface area contributed by atoms with E-state index in [2.05, 4.69) is 4.98 Å². The zero-order valence-electron chi connectivity index (χ0n) is 10.1. The average Bonchev–Trinajstić information content (AvgIpc) is 2.39. The minimum atomic E-state index is 0.0273. The van der Waals surface area contributed by atoms with Gasteiger partial charge in [-0.1, -0.05) is 12.1 Å². The predicted octanol–water partition coefficient (Wildman–Crippen LogP) is 2.10. The molecule has 0 aliphatic rings. The van der Waals surface area contributed by atoms with Gasteiger partial charge < -0.3 is 10.5 Å². The quantitative estimate of drug-likeness (QED) is 0.834. The van der Waals surface area contributed by atoms with Crippen LogP contribution in [0.3, 0.4) is 0 Å². The number of ether oxygens (including phenoxy) is 1. The lowest BCUT2D eigenvalue weighted by Crippen LogP contribution is -2.04. The van der Waals surface area contributed by atoms with Crippen LogP contribution >= 0.6 is 0 Å². The van der Waals surface area contributed by atoms with E-state index in [-0.39, 0.29) is 5.78 Å². The molecule has 0 spiro atoms. The van der Waals surface area contributed by atoms with Crippen molar-refractivity contribution in [2.24, 2.45) is 0 Å². The van der Waals surface area contributed by atoms with Gasteiger partial charge in [0, 0.05) is 18.2 Å². The van der Waals surface area contributed by atoms with Gasteiger partial charge in [-0.05, 0) is 29.8 Å². The van der Waals surface area contributed by atoms with Gasteiger partial charge in [0.1, 0.15) is 11.6 Å². The molecular formula is C14H14N2O2. The van der Waals surface area contributed by atoms with Crippen LogP contribution in [0.15, 0.2) is 42.6 Å². The van der Waals surface area contributed by atoms with E-state index in [1.807, 2.05) is 0 Å². The Morgan fingerprint density at radius 3 is 2.89 bits per heavy atom. The highest BCUT2D eigenvalue weighted by Gasteiger charge is 2.08. The number of carbonyl (C=O) groups excluding carboxylic acids is 1. The fourth-order valence-corrected chi connectivity index (χ4v) is 1.69. The van der Waals surface area contributed by atoms with Gasteiger partial charge in [0.05, 0.1) is 7.11 Å². The smallest absolute Gasteiger partial charge is 0.167 e. The molecule has 0 aliphatic heterocycles. The van der Waals surface area contributed by atoms with Crippen LogP contribution in [0.1, 0.15) is 15.9 Å². The van der Waals surface area contributed by atoms with Crippen LogP contribution in [0.25, 0.3) is 0 Å². The number of rotatable bonds is 4. The molecule has 4 nitrogen and oxygen atoms in total. The van der Waals surface area contributed by atoms with E-state index in [1.54, 1.807) is 49.7 Å². The lowest BCUT2D eigenvalue weighted by atomic mass is 10.0. The average molecular weight is 242 g/mol. The molecule has 0 radical (unpaired) electrons. The summed E-state index contributed by atoms with van der Waals surface area (Å²) in [7, 11) is 1.58. The molecule has 0 aliphatic carbocycles. The number of nitrogens with two attached hydrogens (primary N) is 1. The van der Waals surface area contributed by atoms with Crippen LogP contribution in [0, 0.1) is 0 Å². The molecule has 2 rings (SSSR count). The number of Topliss-reactive ketones (excluding diaryl/α,β-unsaturated/α-hetero) is 1. The minimum Gasteiger partial charge on any atom is -0.497 e. The number of ketones is 1. The molecule has 0 atom stereocenters. The summed E-state index contributed by atoms with van der Waals surface area (Å²) >= 11 is 0. The maximum atomic E-state index is 12.1. The number of hydrogen-bond acceptors (Lipinski definition) is 4. The molecule has 1 aromatic heterocycles. The number of aromatic nitrogens is 1. The Labute approximate surface area is 105 Å². The van der Waals surface area contributed by atoms with Crippen LogP contribution in [0.5, 0.6) is 5.75 Å². The van der Waals surface area contributed by atoms with Gasteiger partial charge >= 0.3 is 0 Å². The highest BCUT2D eigenvalue weighted by atomic mass is 16.5. The molecule has 2 aromatic rings. The summed E-state index contributed by atoms with van der Waals surface area (Å²) in [5, 5.41) is 0. The Bertz CT molecular complexity index is 567. The maximum Gasteiger partial charge on any atom is 0.167 e. The zero-order chi connectivity index (χ0) is 13.0. The summed E-state index contributed by atoms with van der Waals surface area (Å²) in [6, 6.07) is 10.6. The molecule has 0 saturated carbocycles. The largest absolute Gasteiger partial charge is 0.497 e. The first-order chi connectivity index (χ1) is 8.69. The molecule has 0 bridgehead atoms. The Morgan fingerprint density at radius 1 is 1.33 bits per heavy atom. The third-order valence-electron chi connectivity index (χ3n) is 2.60. The molecule has 1 heterocycles. The van der Waals surface area contributed by atoms with Crippen LogP contribution in [-0.4, -0.2) is 17.9 Å². The van der Waals surface area contributed by atoms with E-state index >= 15 is 0 Å². The van der Waals surface area contributed by atoms with E-state index in [0.717, 1.165) is 5.56 Å². The van der Waals surface area contributed by atoms with E-state index in [1.165, 1.54) is 0 Å². The number of methoxy groups -OCH3 is 1. The van der Waals surface area contributed by atoms with Gasteiger partial charge in [0.15, 0.2) is 5.78 Å². The normalized spacial score (nSPS) is 10.1. The van der Waals surface area contributed by atoms with Gasteiger partial charge in [-0.2, -0.15) is 0 Å². The number of nitrogen functional groups attached to an aromatic ring is 1. The van der Waals surface area contributed by atoms with Crippen molar-refractivity contribution < 1.29 is 9.53 Å². The first-order valence-corrected chi connectivity index (χ1v) is 5.56. The van der Waals surface area contributed by atoms with Crippen molar-refractivity contribution in [1.82, 2.24) is 4.98 Å². The Kier molecular flexibility index (Phi) is 3.57. The maximum absolute atomic E-state index is 12.1. The zero-order valence-corrected chi connectivity index (χ0v) is 10.1. The number of carbonyl (C=O) groups is 1. The molecule has 2 N–H and O–H groups in total. The monoisotopic (exact) mass is 242 g/mol. The molecule has 0 amide bonds. The number of pyridine rings is 1. The van der Waals surface area contributed by atoms with Gasteiger partial charge in [0.2, 0.25) is 0 Å². The van der Waals surface area contributed by atoms with Crippen molar-refractivity contribution in [2.45, 2.75) is 6.42 Å². The molecule has 0 unspecified atom stereocenters. The molecule has 4 heteroatoms. The highest BCUT2D eigenvalue weighted by molar-refractivity contribution is 5.97. The molecular weight excluding hydrogens is 228 g/mol. The SMILES string of the molecule is COc1cccc(C(=O)Cc2ccnc(N)c2)c1. The van der Waals surface area contributed by atoms with Crippen LogP contribution in [0.4, 0.5) is 5.82 Å². The minimum absolute atomic E-state index is 0.0273. The van der Waals surface area contributed by atoms with Gasteiger partial charge in [-0.3, -0.25) is 4.79 Å². The van der Waals surface area contributed by atoms with E-state index in [4.69, 9.17) is 10.5 Å². The summed E-state index contributed by atoms with van der Waals surface area (Å²) < 4.78 is 5.09. The molecule has 18 heavy (non-hydrogen) atoms. The highest BCUT2D eigenvalue weighted by Crippen LogP contribution is 2.15. The summed E-state index contributed by atoms with van der Waals surface area (Å²) in [6.45, 7) is 0. The molecule has 0 saturated heterocycles. The van der Waals surface area contributed by atoms with Gasteiger partial charge in [0.25, 0.3) is 0 Å². The Balaban J connectivity index is 2.16. The molecule has 0 fully saturated rings. The number of nitrogens with zero attached hydrogens (tertiary/aromatic N) is 1. The lowest BCUT2D eigenvalue weighted by molar-refractivity contribution is 0.0992. The number of benzene rings is 1. The fraction of sp³-hybridized carbons (Fsp3) is 0.143. The van der Waals surface area contributed by atoms with Crippen molar-refractivity contribution in [2.75, 3.05) is 12.8 Å². The summed E-state index contributed by atoms with van der Waals surface area (Å²) in [4.78, 5) is 16.0. The summed E-state index contributed by atoms with van der Waals surface area (Å²) in [6.07, 6.45) is 1.91. The van der Waals surface area contributed by atoms with E-state index < -0.39 is 0 Å². The molecule has 1 aromatic carbocycles. The standard InChI is InChI=1S/C14H14N2O2/c1-18-12-4-2-3-11(9-12)13(17)7-10-5-6-16-14(15)8-10/h2-6,8-9H,7H2,1H3,(H2,15,16). The van der Waals surface area contributed by atoms with E-state index in [9.17, 15) is 4.79 Å². The van der Waals surface area contributed by atoms with Gasteiger partial charge in [-0.15, -0.1) is 0 Å². The number of hydrogen-bond donors (Lipinski definition) is 1. The predicted molar refractivity (Wildman–Crippen MR) is 69.7 cm³/mol. The number of anilines is 1. The van der Waals surface area contributed by atoms with Crippen molar-refractivity contribution in [3.63, 3.8) is 0 Å². The summed E-state index contributed by atoms with van der Waals surface area (Å²) in [5.74, 6) is 1.13. The summed E-state index contributed by atoms with van der Waals surface area (Å²) in [5.41, 5.74) is 7.06. The van der Waals surface area contributed by atoms with Crippen LogP contribution in [-0.2, 0) is 6.42 Å². The van der Waals surface area contributed by atoms with Crippen LogP contribution < -0.4 is 10.5 Å². The van der Waals surface area contributed by atoms with Crippen molar-refractivity contribution in [3.8, 4) is 5.75 Å².